The van der Waals surface area contributed by atoms with Gasteiger partial charge >= 0.3 is 6.18 Å². The van der Waals surface area contributed by atoms with Crippen molar-refractivity contribution >= 4 is 11.8 Å². The highest BCUT2D eigenvalue weighted by molar-refractivity contribution is 5.66. The van der Waals surface area contributed by atoms with Crippen LogP contribution >= 0.6 is 0 Å². The zero-order chi connectivity index (χ0) is 32.9. The van der Waals surface area contributed by atoms with Crippen LogP contribution in [0.4, 0.5) is 18.9 Å². The molecule has 0 radical (unpaired) electrons. The van der Waals surface area contributed by atoms with Gasteiger partial charge in [0.05, 0.1) is 7.11 Å². The van der Waals surface area contributed by atoms with Gasteiger partial charge in [-0.2, -0.15) is 29.0 Å². The molecule has 45 heavy (non-hydrogen) atoms. The van der Waals surface area contributed by atoms with E-state index < -0.39 is 34.3 Å². The quantitative estimate of drug-likeness (QED) is 0.163. The summed E-state index contributed by atoms with van der Waals surface area (Å²) in [4.78, 5) is 2.36. The Morgan fingerprint density at radius 3 is 2.22 bits per heavy atom. The second-order valence-corrected chi connectivity index (χ2v) is 10.5. The summed E-state index contributed by atoms with van der Waals surface area (Å²) in [5.41, 5.74) is -2.87. The Balaban J connectivity index is 1.95. The van der Waals surface area contributed by atoms with Crippen molar-refractivity contribution in [2.75, 3.05) is 25.1 Å². The number of alkyl halides is 3. The summed E-state index contributed by atoms with van der Waals surface area (Å²) >= 11 is 0. The van der Waals surface area contributed by atoms with Gasteiger partial charge in [0, 0.05) is 36.0 Å². The van der Waals surface area contributed by atoms with Gasteiger partial charge in [0.25, 0.3) is 5.60 Å². The summed E-state index contributed by atoms with van der Waals surface area (Å²) < 4.78 is 55.8. The zero-order valence-corrected chi connectivity index (χ0v) is 25.8. The van der Waals surface area contributed by atoms with Gasteiger partial charge in [0.15, 0.2) is 11.3 Å². The number of hydrogen-bond acceptors (Lipinski definition) is 6. The molecule has 0 N–H and O–H groups in total. The first kappa shape index (κ1) is 34.5. The lowest BCUT2D eigenvalue weighted by Gasteiger charge is -2.35. The number of rotatable bonds is 13. The van der Waals surface area contributed by atoms with E-state index in [4.69, 9.17) is 9.47 Å². The minimum Gasteiger partial charge on any atom is -0.496 e. The van der Waals surface area contributed by atoms with E-state index in [1.165, 1.54) is 24.3 Å². The molecule has 0 saturated carbocycles. The molecule has 0 spiro atoms. The average Bonchev–Trinajstić information content (AvgIpc) is 3.39. The predicted molar refractivity (Wildman–Crippen MR) is 170 cm³/mol. The molecule has 1 unspecified atom stereocenters. The van der Waals surface area contributed by atoms with Crippen LogP contribution in [0.2, 0.25) is 0 Å². The molecule has 2 aliphatic rings. The lowest BCUT2D eigenvalue weighted by atomic mass is 9.80. The summed E-state index contributed by atoms with van der Waals surface area (Å²) in [6, 6.07) is 10.9. The topological polar surface area (TPSA) is 93.1 Å². The van der Waals surface area contributed by atoms with Gasteiger partial charge in [0.1, 0.15) is 29.5 Å². The number of hydrogen-bond donors (Lipinski definition) is 0. The summed E-state index contributed by atoms with van der Waals surface area (Å²) in [6.07, 6.45) is 13.6. The number of unbranched alkanes of at least 4 members (excludes halogenated alkanes) is 2. The first-order valence-electron chi connectivity index (χ1n) is 15.0. The molecule has 0 fully saturated rings. The average molecular weight is 615 g/mol. The van der Waals surface area contributed by atoms with E-state index in [9.17, 15) is 29.0 Å². The Bertz CT molecular complexity index is 1550. The third-order valence-electron chi connectivity index (χ3n) is 7.58. The second kappa shape index (κ2) is 16.2. The van der Waals surface area contributed by atoms with Gasteiger partial charge in [-0.05, 0) is 43.4 Å². The van der Waals surface area contributed by atoms with Crippen LogP contribution in [0.5, 0.6) is 5.75 Å². The lowest BCUT2D eigenvalue weighted by molar-refractivity contribution is -0.229. The molecule has 3 rings (SSSR count). The number of ether oxygens (including phenoxy) is 2. The zero-order valence-electron chi connectivity index (χ0n) is 25.8. The molecule has 234 valence electrons. The number of allylic oxidation sites excluding steroid dienone is 9. The maximum absolute atomic E-state index is 14.9. The van der Waals surface area contributed by atoms with Crippen molar-refractivity contribution in [2.24, 2.45) is 0 Å². The third-order valence-corrected chi connectivity index (χ3v) is 7.58. The molecule has 1 heterocycles. The van der Waals surface area contributed by atoms with Crippen LogP contribution in [-0.2, 0) is 4.74 Å². The van der Waals surface area contributed by atoms with Gasteiger partial charge < -0.3 is 14.4 Å². The van der Waals surface area contributed by atoms with Crippen molar-refractivity contribution in [3.8, 4) is 24.0 Å². The van der Waals surface area contributed by atoms with Gasteiger partial charge in [-0.3, -0.25) is 0 Å². The van der Waals surface area contributed by atoms with Crippen molar-refractivity contribution in [1.29, 1.82) is 15.8 Å². The van der Waals surface area contributed by atoms with Gasteiger partial charge in [-0.15, -0.1) is 0 Å². The number of nitrogens with zero attached hydrogens (tertiary/aromatic N) is 4. The normalized spacial score (nSPS) is 18.2. The molecule has 0 saturated heterocycles. The fourth-order valence-electron chi connectivity index (χ4n) is 5.24. The maximum atomic E-state index is 14.9. The molecule has 0 amide bonds. The first-order valence-corrected chi connectivity index (χ1v) is 15.0. The Labute approximate surface area is 263 Å². The summed E-state index contributed by atoms with van der Waals surface area (Å²) in [5.74, 6) is 0.0322. The minimum absolute atomic E-state index is 0.0297. The maximum Gasteiger partial charge on any atom is 0.436 e. The van der Waals surface area contributed by atoms with Gasteiger partial charge in [-0.1, -0.05) is 81.4 Å². The van der Waals surface area contributed by atoms with Crippen LogP contribution in [0.3, 0.4) is 0 Å². The number of anilines is 1. The summed E-state index contributed by atoms with van der Waals surface area (Å²) in [7, 11) is 1.61. The van der Waals surface area contributed by atoms with Crippen LogP contribution in [0.1, 0.15) is 57.9 Å². The summed E-state index contributed by atoms with van der Waals surface area (Å²) in [5, 5.41) is 28.7. The van der Waals surface area contributed by atoms with Crippen LogP contribution in [-0.4, -0.2) is 32.0 Å². The van der Waals surface area contributed by atoms with Crippen LogP contribution in [0, 0.1) is 34.0 Å². The number of benzene rings is 1. The highest BCUT2D eigenvalue weighted by Gasteiger charge is 2.65. The Morgan fingerprint density at radius 1 is 1.02 bits per heavy atom. The van der Waals surface area contributed by atoms with Crippen molar-refractivity contribution < 1.29 is 22.6 Å². The molecule has 9 heteroatoms. The van der Waals surface area contributed by atoms with Crippen molar-refractivity contribution in [1.82, 2.24) is 0 Å². The molecule has 1 atom stereocenters. The fourth-order valence-corrected chi connectivity index (χ4v) is 5.24. The molecular formula is C36H37F3N4O2. The predicted octanol–water partition coefficient (Wildman–Crippen LogP) is 8.96. The lowest BCUT2D eigenvalue weighted by Crippen LogP contribution is -2.48. The molecule has 0 bridgehead atoms. The van der Waals surface area contributed by atoms with E-state index in [0.717, 1.165) is 56.1 Å². The third kappa shape index (κ3) is 7.78. The van der Waals surface area contributed by atoms with Crippen molar-refractivity contribution in [3.63, 3.8) is 0 Å². The van der Waals surface area contributed by atoms with E-state index >= 15 is 0 Å². The van der Waals surface area contributed by atoms with Crippen molar-refractivity contribution in [3.05, 3.63) is 100 Å². The van der Waals surface area contributed by atoms with Crippen LogP contribution < -0.4 is 9.64 Å². The largest absolute Gasteiger partial charge is 0.496 e. The van der Waals surface area contributed by atoms with Crippen molar-refractivity contribution in [2.45, 2.75) is 64.1 Å². The number of methoxy groups -OCH3 is 1. The van der Waals surface area contributed by atoms with Crippen LogP contribution in [0.25, 0.3) is 6.08 Å². The highest BCUT2D eigenvalue weighted by atomic mass is 19.4. The van der Waals surface area contributed by atoms with Gasteiger partial charge in [0.2, 0.25) is 0 Å². The highest BCUT2D eigenvalue weighted by Crippen LogP contribution is 2.54. The smallest absolute Gasteiger partial charge is 0.436 e. The standard InChI is InChI=1S/C36H37F3N4O2/c1-4-6-21-43(22-7-5-2)30-20-19-27(33(23-30)44-3)15-11-8-9-14-18-32-31(26-42)34(28(24-40)25-41)45-35(32,36(37,38)39)29-16-12-10-13-17-29/h8-12,14-16,18-20,23H,4-7,13,17,21-22H2,1-3H3/b9-8+,15-11+,18-14+. The fraction of sp³-hybridized carbons (Fsp3) is 0.361. The minimum atomic E-state index is -4.99. The van der Waals surface area contributed by atoms with Crippen LogP contribution in [0.15, 0.2) is 94.9 Å². The van der Waals surface area contributed by atoms with E-state index in [-0.39, 0.29) is 12.0 Å². The van der Waals surface area contributed by atoms with Gasteiger partial charge in [-0.25, -0.2) is 0 Å². The summed E-state index contributed by atoms with van der Waals surface area (Å²) in [6.45, 7) is 6.27. The molecule has 1 aliphatic heterocycles. The van der Waals surface area contributed by atoms with E-state index in [2.05, 4.69) is 24.8 Å². The molecule has 0 aromatic heterocycles. The number of nitriles is 3. The monoisotopic (exact) mass is 614 g/mol. The SMILES string of the molecule is CCCCN(CCCC)c1ccc(/C=C/C=C/C=C/C2=C(C#N)C(=C(C#N)C#N)OC2(C2=CC=CCC2)C(F)(F)F)c(OC)c1. The van der Waals surface area contributed by atoms with E-state index in [0.29, 0.717) is 12.2 Å². The molecule has 6 nitrogen and oxygen atoms in total. The molecule has 1 aliphatic carbocycles. The first-order chi connectivity index (χ1) is 21.7. The second-order valence-electron chi connectivity index (χ2n) is 10.5. The van der Waals surface area contributed by atoms with E-state index in [1.54, 1.807) is 43.5 Å². The molecule has 1 aromatic carbocycles. The molecule has 1 aromatic rings. The Morgan fingerprint density at radius 2 is 1.69 bits per heavy atom. The Hall–Kier alpha value is -4.94. The van der Waals surface area contributed by atoms with E-state index in [1.807, 2.05) is 18.2 Å². The molecular weight excluding hydrogens is 577 g/mol. The number of halogens is 3. The Kier molecular flexibility index (Phi) is 12.5.